The maximum Gasteiger partial charge on any atom is 0.316 e. The van der Waals surface area contributed by atoms with Gasteiger partial charge in [-0.2, -0.15) is 0 Å². The average molecular weight is 761 g/mol. The van der Waals surface area contributed by atoms with Gasteiger partial charge in [0, 0.05) is 28.6 Å². The Balaban J connectivity index is 0.000000245. The Morgan fingerprint density at radius 2 is 1.47 bits per heavy atom. The summed E-state index contributed by atoms with van der Waals surface area (Å²) in [6.45, 7) is 2.21. The van der Waals surface area contributed by atoms with Gasteiger partial charge in [-0.1, -0.05) is 65.7 Å². The molecule has 0 atom stereocenters. The molecule has 2 aliphatic rings. The van der Waals surface area contributed by atoms with Crippen LogP contribution >= 0.6 is 27.5 Å². The summed E-state index contributed by atoms with van der Waals surface area (Å²) in [5.74, 6) is 0.555. The molecule has 2 aromatic heterocycles. The number of ketones is 1. The quantitative estimate of drug-likeness (QED) is 0.148. The minimum Gasteiger partial charge on any atom is -0.473 e. The third kappa shape index (κ3) is 8.15. The molecular formula is C36H31BrClN5O5S. The van der Waals surface area contributed by atoms with Crippen LogP contribution in [0.15, 0.2) is 106 Å². The van der Waals surface area contributed by atoms with Crippen molar-refractivity contribution in [3.63, 3.8) is 0 Å². The molecule has 0 saturated heterocycles. The number of rotatable bonds is 9. The lowest BCUT2D eigenvalue weighted by molar-refractivity contribution is 0.103. The number of Topliss-reactive ketones (excluding diaryl/α,β-unsaturated/α-hetero) is 1. The molecule has 1 N–H and O–H groups in total. The van der Waals surface area contributed by atoms with Gasteiger partial charge in [0.15, 0.2) is 11.6 Å². The summed E-state index contributed by atoms with van der Waals surface area (Å²) < 4.78 is 40.6. The van der Waals surface area contributed by atoms with Crippen molar-refractivity contribution >= 4 is 54.7 Å². The van der Waals surface area contributed by atoms with Gasteiger partial charge < -0.3 is 9.47 Å². The number of nitrogens with zero attached hydrogens (tertiary/aromatic N) is 4. The third-order valence-corrected chi connectivity index (χ3v) is 9.91. The first-order valence-electron chi connectivity index (χ1n) is 15.5. The largest absolute Gasteiger partial charge is 0.473 e. The molecule has 0 bridgehead atoms. The molecule has 0 amide bonds. The van der Waals surface area contributed by atoms with E-state index in [1.807, 2.05) is 49.4 Å². The SMILES string of the molecule is Cc1ccc(-c2c(NS(=O)(=O)c3ccc(Cl)cc3)ncnc2OCCOc2ncc(Br)cn2)cc1.O=C1C2=C(CCCC2)c2ccccc21. The van der Waals surface area contributed by atoms with Crippen molar-refractivity contribution in [2.45, 2.75) is 37.5 Å². The van der Waals surface area contributed by atoms with Gasteiger partial charge in [0.25, 0.3) is 10.0 Å². The summed E-state index contributed by atoms with van der Waals surface area (Å²) in [5.41, 5.74) is 6.67. The Labute approximate surface area is 297 Å². The molecule has 0 aliphatic heterocycles. The van der Waals surface area contributed by atoms with Crippen LogP contribution in [0.3, 0.4) is 0 Å². The average Bonchev–Trinajstić information content (AvgIpc) is 3.40. The highest BCUT2D eigenvalue weighted by atomic mass is 79.9. The van der Waals surface area contributed by atoms with Crippen molar-refractivity contribution in [2.24, 2.45) is 0 Å². The molecular weight excluding hydrogens is 730 g/mol. The molecule has 7 rings (SSSR count). The van der Waals surface area contributed by atoms with E-state index < -0.39 is 10.0 Å². The summed E-state index contributed by atoms with van der Waals surface area (Å²) in [4.78, 5) is 28.5. The molecule has 250 valence electrons. The van der Waals surface area contributed by atoms with Crippen molar-refractivity contribution in [3.8, 4) is 23.0 Å². The summed E-state index contributed by atoms with van der Waals surface area (Å²) in [6, 6.07) is 21.5. The molecule has 0 spiro atoms. The summed E-state index contributed by atoms with van der Waals surface area (Å²) >= 11 is 9.16. The minimum atomic E-state index is -3.95. The van der Waals surface area contributed by atoms with E-state index in [2.05, 4.69) is 46.7 Å². The fourth-order valence-electron chi connectivity index (χ4n) is 5.54. The highest BCUT2D eigenvalue weighted by Gasteiger charge is 2.30. The summed E-state index contributed by atoms with van der Waals surface area (Å²) in [7, 11) is -3.95. The number of sulfonamides is 1. The number of carbonyl (C=O) groups excluding carboxylic acids is 1. The van der Waals surface area contributed by atoms with Gasteiger partial charge in [-0.3, -0.25) is 9.52 Å². The Morgan fingerprint density at radius 3 is 2.18 bits per heavy atom. The van der Waals surface area contributed by atoms with Crippen LogP contribution in [-0.2, 0) is 10.0 Å². The van der Waals surface area contributed by atoms with Crippen molar-refractivity contribution < 1.29 is 22.7 Å². The highest BCUT2D eigenvalue weighted by molar-refractivity contribution is 9.10. The number of hydrogen-bond donors (Lipinski definition) is 1. The van der Waals surface area contributed by atoms with E-state index in [0.29, 0.717) is 16.1 Å². The summed E-state index contributed by atoms with van der Waals surface area (Å²) in [6.07, 6.45) is 8.87. The molecule has 0 unspecified atom stereocenters. The second-order valence-electron chi connectivity index (χ2n) is 11.2. The number of carbonyl (C=O) groups is 1. The minimum absolute atomic E-state index is 0.0423. The Kier molecular flexibility index (Phi) is 10.7. The Hall–Kier alpha value is -4.65. The van der Waals surface area contributed by atoms with Crippen LogP contribution in [-0.4, -0.2) is 47.4 Å². The van der Waals surface area contributed by atoms with Gasteiger partial charge in [-0.15, -0.1) is 0 Å². The predicted octanol–water partition coefficient (Wildman–Crippen LogP) is 8.13. The number of nitrogens with one attached hydrogen (secondary N) is 1. The molecule has 0 radical (unpaired) electrons. The smallest absolute Gasteiger partial charge is 0.316 e. The van der Waals surface area contributed by atoms with Crippen LogP contribution in [0.25, 0.3) is 16.7 Å². The second-order valence-corrected chi connectivity index (χ2v) is 14.3. The molecule has 13 heteroatoms. The number of halogens is 2. The van der Waals surface area contributed by atoms with E-state index in [1.165, 1.54) is 54.6 Å². The number of aromatic nitrogens is 4. The molecule has 10 nitrogen and oxygen atoms in total. The van der Waals surface area contributed by atoms with E-state index >= 15 is 0 Å². The number of hydrogen-bond acceptors (Lipinski definition) is 9. The van der Waals surface area contributed by atoms with Gasteiger partial charge in [-0.25, -0.2) is 28.4 Å². The van der Waals surface area contributed by atoms with Crippen LogP contribution in [0.2, 0.25) is 5.02 Å². The fourth-order valence-corrected chi connectivity index (χ4v) is 6.90. The Morgan fingerprint density at radius 1 is 0.816 bits per heavy atom. The lowest BCUT2D eigenvalue weighted by Gasteiger charge is -2.16. The first kappa shape index (κ1) is 34.2. The topological polar surface area (TPSA) is 133 Å². The van der Waals surface area contributed by atoms with E-state index in [-0.39, 0.29) is 41.6 Å². The zero-order chi connectivity index (χ0) is 34.4. The normalized spacial score (nSPS) is 13.6. The zero-order valence-corrected chi connectivity index (χ0v) is 29.6. The number of fused-ring (bicyclic) bond motifs is 2. The number of ether oxygens (including phenoxy) is 2. The molecule has 3 aromatic carbocycles. The molecule has 0 fully saturated rings. The van der Waals surface area contributed by atoms with Gasteiger partial charge >= 0.3 is 6.01 Å². The fraction of sp³-hybridized carbons (Fsp3) is 0.194. The second kappa shape index (κ2) is 15.3. The molecule has 0 saturated carbocycles. The number of aryl methyl sites for hydroxylation is 1. The van der Waals surface area contributed by atoms with E-state index in [4.69, 9.17) is 21.1 Å². The van der Waals surface area contributed by atoms with Crippen molar-refractivity contribution in [3.05, 3.63) is 123 Å². The highest BCUT2D eigenvalue weighted by Crippen LogP contribution is 2.41. The molecule has 5 aromatic rings. The first-order valence-corrected chi connectivity index (χ1v) is 18.1. The first-order chi connectivity index (χ1) is 23.7. The third-order valence-electron chi connectivity index (χ3n) is 7.90. The van der Waals surface area contributed by atoms with Gasteiger partial charge in [0.1, 0.15) is 19.5 Å². The van der Waals surface area contributed by atoms with Gasteiger partial charge in [0.05, 0.1) is 14.9 Å². The van der Waals surface area contributed by atoms with Crippen LogP contribution in [0.4, 0.5) is 5.82 Å². The van der Waals surface area contributed by atoms with Gasteiger partial charge in [-0.05, 0) is 89.5 Å². The number of allylic oxidation sites excluding steroid dienone is 2. The van der Waals surface area contributed by atoms with Crippen molar-refractivity contribution in [1.29, 1.82) is 0 Å². The van der Waals surface area contributed by atoms with Crippen molar-refractivity contribution in [1.82, 2.24) is 19.9 Å². The van der Waals surface area contributed by atoms with E-state index in [0.717, 1.165) is 34.0 Å². The van der Waals surface area contributed by atoms with Crippen LogP contribution < -0.4 is 14.2 Å². The zero-order valence-electron chi connectivity index (χ0n) is 26.4. The lowest BCUT2D eigenvalue weighted by atomic mass is 9.92. The number of anilines is 1. The Bertz CT molecular complexity index is 2110. The monoisotopic (exact) mass is 759 g/mol. The summed E-state index contributed by atoms with van der Waals surface area (Å²) in [5, 5.41) is 0.428. The predicted molar refractivity (Wildman–Crippen MR) is 191 cm³/mol. The van der Waals surface area contributed by atoms with Crippen LogP contribution in [0.5, 0.6) is 11.9 Å². The molecule has 2 aliphatic carbocycles. The van der Waals surface area contributed by atoms with Gasteiger partial charge in [0.2, 0.25) is 5.88 Å². The maximum absolute atomic E-state index is 13.0. The van der Waals surface area contributed by atoms with E-state index in [9.17, 15) is 13.2 Å². The maximum atomic E-state index is 13.0. The van der Waals surface area contributed by atoms with Crippen LogP contribution in [0.1, 0.15) is 47.2 Å². The van der Waals surface area contributed by atoms with Crippen LogP contribution in [0, 0.1) is 6.92 Å². The van der Waals surface area contributed by atoms with E-state index in [1.54, 1.807) is 12.4 Å². The van der Waals surface area contributed by atoms with Crippen molar-refractivity contribution in [2.75, 3.05) is 17.9 Å². The number of benzene rings is 3. The standard InChI is InChI=1S/C23H19BrClN5O4S.C13H12O/c1-15-2-4-16(5-3-15)20-21(30-35(31,32)19-8-6-18(25)7-9-19)28-14-29-22(20)33-10-11-34-23-26-12-17(24)13-27-23;14-13-11-7-3-1-5-9(11)10-6-2-4-8-12(10)13/h2-9,12-14H,10-11H2,1H3,(H,28,29,30);1,3,5,7H,2,4,6,8H2. The molecule has 49 heavy (non-hydrogen) atoms. The lowest BCUT2D eigenvalue weighted by Crippen LogP contribution is -2.16. The molecule has 2 heterocycles.